The first-order chi connectivity index (χ1) is 7.90. The second kappa shape index (κ2) is 5.99. The van der Waals surface area contributed by atoms with Crippen LogP contribution >= 0.6 is 0 Å². The molecular formula is C15H22O2. The van der Waals surface area contributed by atoms with E-state index in [0.717, 1.165) is 12.0 Å². The largest absolute Gasteiger partial charge is 0.233 e. The molecule has 0 saturated carbocycles. The lowest BCUT2D eigenvalue weighted by molar-refractivity contribution is -0.369. The third kappa shape index (κ3) is 5.66. The quantitative estimate of drug-likeness (QED) is 0.566. The van der Waals surface area contributed by atoms with E-state index in [1.165, 1.54) is 5.56 Å². The zero-order valence-corrected chi connectivity index (χ0v) is 11.2. The van der Waals surface area contributed by atoms with Gasteiger partial charge in [-0.2, -0.15) is 0 Å². The molecule has 0 aliphatic carbocycles. The highest BCUT2D eigenvalue weighted by molar-refractivity contribution is 5.47. The minimum absolute atomic E-state index is 0.0364. The number of hydrogen-bond donors (Lipinski definition) is 0. The van der Waals surface area contributed by atoms with Gasteiger partial charge in [0.05, 0.1) is 11.7 Å². The van der Waals surface area contributed by atoms with Crippen molar-refractivity contribution in [3.05, 3.63) is 42.0 Å². The van der Waals surface area contributed by atoms with E-state index in [9.17, 15) is 0 Å². The third-order valence-electron chi connectivity index (χ3n) is 2.17. The van der Waals surface area contributed by atoms with Gasteiger partial charge in [-0.15, -0.1) is 0 Å². The van der Waals surface area contributed by atoms with Gasteiger partial charge in [-0.05, 0) is 38.8 Å². The van der Waals surface area contributed by atoms with Crippen molar-refractivity contribution >= 4 is 6.08 Å². The van der Waals surface area contributed by atoms with Crippen molar-refractivity contribution in [1.82, 2.24) is 0 Å². The first kappa shape index (κ1) is 13.9. The average molecular weight is 234 g/mol. The van der Waals surface area contributed by atoms with Crippen LogP contribution in [-0.2, 0) is 16.2 Å². The summed E-state index contributed by atoms with van der Waals surface area (Å²) < 4.78 is 0. The first-order valence-electron chi connectivity index (χ1n) is 5.96. The molecule has 1 rings (SSSR count). The molecular weight excluding hydrogens is 212 g/mol. The SMILES string of the molecule is C=Cc1cccc(CC(C)OOC(C)(C)C)c1. The van der Waals surface area contributed by atoms with Crippen LogP contribution in [0.2, 0.25) is 0 Å². The molecule has 0 heterocycles. The highest BCUT2D eigenvalue weighted by atomic mass is 17.2. The van der Waals surface area contributed by atoms with Crippen LogP contribution in [-0.4, -0.2) is 11.7 Å². The van der Waals surface area contributed by atoms with E-state index >= 15 is 0 Å². The molecule has 1 aromatic carbocycles. The van der Waals surface area contributed by atoms with Crippen LogP contribution < -0.4 is 0 Å². The minimum Gasteiger partial charge on any atom is -0.233 e. The summed E-state index contributed by atoms with van der Waals surface area (Å²) in [4.78, 5) is 10.7. The summed E-state index contributed by atoms with van der Waals surface area (Å²) in [5.41, 5.74) is 2.09. The van der Waals surface area contributed by atoms with Crippen molar-refractivity contribution in [3.8, 4) is 0 Å². The second-order valence-corrected chi connectivity index (χ2v) is 5.26. The summed E-state index contributed by atoms with van der Waals surface area (Å²) >= 11 is 0. The summed E-state index contributed by atoms with van der Waals surface area (Å²) in [5, 5.41) is 0. The molecule has 94 valence electrons. The van der Waals surface area contributed by atoms with Crippen LogP contribution in [0.1, 0.15) is 38.8 Å². The lowest BCUT2D eigenvalue weighted by atomic mass is 10.1. The minimum atomic E-state index is -0.267. The zero-order chi connectivity index (χ0) is 12.9. The lowest BCUT2D eigenvalue weighted by Gasteiger charge is -2.21. The fraction of sp³-hybridized carbons (Fsp3) is 0.467. The Hall–Kier alpha value is -1.12. The van der Waals surface area contributed by atoms with E-state index in [0.29, 0.717) is 0 Å². The number of benzene rings is 1. The van der Waals surface area contributed by atoms with Gasteiger partial charge in [0, 0.05) is 6.42 Å². The molecule has 1 unspecified atom stereocenters. The maximum Gasteiger partial charge on any atom is 0.0952 e. The Morgan fingerprint density at radius 1 is 1.35 bits per heavy atom. The van der Waals surface area contributed by atoms with E-state index in [-0.39, 0.29) is 11.7 Å². The van der Waals surface area contributed by atoms with Crippen molar-refractivity contribution in [2.75, 3.05) is 0 Å². The number of rotatable bonds is 5. The van der Waals surface area contributed by atoms with Gasteiger partial charge in [0.15, 0.2) is 0 Å². The van der Waals surface area contributed by atoms with E-state index in [2.05, 4.69) is 18.7 Å². The molecule has 0 bridgehead atoms. The normalized spacial score (nSPS) is 13.4. The summed E-state index contributed by atoms with van der Waals surface area (Å²) in [6.45, 7) is 11.7. The van der Waals surface area contributed by atoms with Gasteiger partial charge in [-0.1, -0.05) is 36.9 Å². The molecule has 1 aromatic rings. The summed E-state index contributed by atoms with van der Waals surface area (Å²) in [7, 11) is 0. The van der Waals surface area contributed by atoms with Crippen molar-refractivity contribution in [2.24, 2.45) is 0 Å². The van der Waals surface area contributed by atoms with Crippen molar-refractivity contribution in [1.29, 1.82) is 0 Å². The average Bonchev–Trinajstić information content (AvgIpc) is 2.26. The molecule has 0 spiro atoms. The molecule has 17 heavy (non-hydrogen) atoms. The van der Waals surface area contributed by atoms with Gasteiger partial charge < -0.3 is 0 Å². The molecule has 0 aromatic heterocycles. The van der Waals surface area contributed by atoms with E-state index in [1.807, 2.05) is 45.9 Å². The summed E-state index contributed by atoms with van der Waals surface area (Å²) in [6, 6.07) is 8.27. The first-order valence-corrected chi connectivity index (χ1v) is 5.96. The molecule has 2 heteroatoms. The van der Waals surface area contributed by atoms with Crippen LogP contribution in [0.4, 0.5) is 0 Å². The molecule has 0 fully saturated rings. The third-order valence-corrected chi connectivity index (χ3v) is 2.17. The fourth-order valence-corrected chi connectivity index (χ4v) is 1.44. The topological polar surface area (TPSA) is 18.5 Å². The van der Waals surface area contributed by atoms with Crippen molar-refractivity contribution in [3.63, 3.8) is 0 Å². The smallest absolute Gasteiger partial charge is 0.0952 e. The Morgan fingerprint density at radius 2 is 2.06 bits per heavy atom. The highest BCUT2D eigenvalue weighted by Crippen LogP contribution is 2.13. The Balaban J connectivity index is 2.50. The van der Waals surface area contributed by atoms with Gasteiger partial charge in [0.2, 0.25) is 0 Å². The maximum absolute atomic E-state index is 5.36. The van der Waals surface area contributed by atoms with Crippen molar-refractivity contribution in [2.45, 2.75) is 45.8 Å². The lowest BCUT2D eigenvalue weighted by Crippen LogP contribution is -2.23. The van der Waals surface area contributed by atoms with Crippen LogP contribution in [0, 0.1) is 0 Å². The Bertz CT molecular complexity index is 363. The molecule has 0 aliphatic heterocycles. The van der Waals surface area contributed by atoms with Gasteiger partial charge >= 0.3 is 0 Å². The van der Waals surface area contributed by atoms with Gasteiger partial charge in [0.1, 0.15) is 0 Å². The molecule has 0 saturated heterocycles. The Morgan fingerprint density at radius 3 is 2.65 bits per heavy atom. The van der Waals surface area contributed by atoms with Crippen LogP contribution in [0.25, 0.3) is 6.08 Å². The summed E-state index contributed by atoms with van der Waals surface area (Å²) in [5.74, 6) is 0. The van der Waals surface area contributed by atoms with Gasteiger partial charge in [-0.25, -0.2) is 9.78 Å². The maximum atomic E-state index is 5.36. The standard InChI is InChI=1S/C15H22O2/c1-6-13-8-7-9-14(11-13)10-12(2)16-17-15(3,4)5/h6-9,11-12H,1,10H2,2-5H3. The monoisotopic (exact) mass is 234 g/mol. The molecule has 0 amide bonds. The molecule has 2 nitrogen and oxygen atoms in total. The Labute approximate surface area is 104 Å². The van der Waals surface area contributed by atoms with Gasteiger partial charge in [-0.3, -0.25) is 0 Å². The fourth-order valence-electron chi connectivity index (χ4n) is 1.44. The summed E-state index contributed by atoms with van der Waals surface area (Å²) in [6.07, 6.45) is 2.72. The predicted octanol–water partition coefficient (Wildman–Crippen LogP) is 4.01. The van der Waals surface area contributed by atoms with Crippen LogP contribution in [0.5, 0.6) is 0 Å². The molecule has 1 atom stereocenters. The van der Waals surface area contributed by atoms with Gasteiger partial charge in [0.25, 0.3) is 0 Å². The number of hydrogen-bond acceptors (Lipinski definition) is 2. The molecule has 0 aliphatic rings. The zero-order valence-electron chi connectivity index (χ0n) is 11.2. The van der Waals surface area contributed by atoms with Crippen LogP contribution in [0.15, 0.2) is 30.8 Å². The van der Waals surface area contributed by atoms with Crippen LogP contribution in [0.3, 0.4) is 0 Å². The Kier molecular flexibility index (Phi) is 4.91. The predicted molar refractivity (Wildman–Crippen MR) is 71.6 cm³/mol. The van der Waals surface area contributed by atoms with E-state index in [1.54, 1.807) is 0 Å². The molecule has 0 radical (unpaired) electrons. The second-order valence-electron chi connectivity index (χ2n) is 5.26. The van der Waals surface area contributed by atoms with Crippen molar-refractivity contribution < 1.29 is 9.78 Å². The highest BCUT2D eigenvalue weighted by Gasteiger charge is 2.14. The molecule has 0 N–H and O–H groups in total. The van der Waals surface area contributed by atoms with E-state index in [4.69, 9.17) is 9.78 Å². The van der Waals surface area contributed by atoms with E-state index < -0.39 is 0 Å².